The van der Waals surface area contributed by atoms with Gasteiger partial charge in [0.1, 0.15) is 17.3 Å². The Morgan fingerprint density at radius 3 is 2.61 bits per heavy atom. The number of fused-ring (bicyclic) bond motifs is 1. The van der Waals surface area contributed by atoms with Gasteiger partial charge in [0.2, 0.25) is 0 Å². The third kappa shape index (κ3) is 4.79. The van der Waals surface area contributed by atoms with Gasteiger partial charge in [-0.15, -0.1) is 0 Å². The van der Waals surface area contributed by atoms with E-state index in [1.165, 1.54) is 17.7 Å². The average Bonchev–Trinajstić information content (AvgIpc) is 2.79. The largest absolute Gasteiger partial charge is 0.494 e. The number of methoxy groups -OCH3 is 1. The van der Waals surface area contributed by atoms with Crippen LogP contribution in [0.25, 0.3) is 16.6 Å². The molecule has 3 aromatic carbocycles. The van der Waals surface area contributed by atoms with Crippen LogP contribution in [0, 0.1) is 6.92 Å². The monoisotopic (exact) mass is 483 g/mol. The van der Waals surface area contributed by atoms with E-state index in [2.05, 4.69) is 10.3 Å². The Morgan fingerprint density at radius 1 is 1.06 bits per heavy atom. The van der Waals surface area contributed by atoms with Crippen LogP contribution in [0.5, 0.6) is 11.5 Å². The summed E-state index contributed by atoms with van der Waals surface area (Å²) >= 11 is 11.9. The van der Waals surface area contributed by atoms with E-state index in [0.29, 0.717) is 49.6 Å². The molecule has 0 saturated carbocycles. The van der Waals surface area contributed by atoms with Crippen molar-refractivity contribution in [3.63, 3.8) is 0 Å². The third-order valence-corrected chi connectivity index (χ3v) is 5.44. The Labute approximate surface area is 199 Å². The summed E-state index contributed by atoms with van der Waals surface area (Å²) in [7, 11) is 1.48. The number of aryl methyl sites for hydroxylation is 1. The summed E-state index contributed by atoms with van der Waals surface area (Å²) in [6.07, 6.45) is 0. The van der Waals surface area contributed by atoms with Crippen LogP contribution in [0.4, 0.5) is 5.69 Å². The molecule has 1 amide bonds. The molecule has 33 heavy (non-hydrogen) atoms. The quantitative estimate of drug-likeness (QED) is 0.415. The van der Waals surface area contributed by atoms with Crippen LogP contribution in [0.2, 0.25) is 10.0 Å². The fraction of sp³-hybridized carbons (Fsp3) is 0.125. The number of carbonyl (C=O) groups is 1. The second-order valence-electron chi connectivity index (χ2n) is 7.11. The molecule has 9 heteroatoms. The van der Waals surface area contributed by atoms with E-state index in [0.717, 1.165) is 0 Å². The van der Waals surface area contributed by atoms with Gasteiger partial charge in [0.25, 0.3) is 11.5 Å². The summed E-state index contributed by atoms with van der Waals surface area (Å²) in [6, 6.07) is 16.9. The summed E-state index contributed by atoms with van der Waals surface area (Å²) in [5.74, 6) is 0.848. The number of para-hydroxylation sites is 1. The van der Waals surface area contributed by atoms with E-state index in [-0.39, 0.29) is 12.2 Å². The zero-order valence-corrected chi connectivity index (χ0v) is 19.3. The van der Waals surface area contributed by atoms with Gasteiger partial charge in [-0.3, -0.25) is 14.2 Å². The molecule has 0 radical (unpaired) electrons. The first kappa shape index (κ1) is 22.6. The number of nitrogens with zero attached hydrogens (tertiary/aromatic N) is 2. The lowest BCUT2D eigenvalue weighted by molar-refractivity contribution is -0.118. The second-order valence-corrected chi connectivity index (χ2v) is 7.96. The van der Waals surface area contributed by atoms with Crippen molar-refractivity contribution < 1.29 is 14.3 Å². The van der Waals surface area contributed by atoms with Crippen LogP contribution in [0.1, 0.15) is 5.82 Å². The number of aromatic nitrogens is 2. The molecular formula is C24H19Cl2N3O4. The minimum atomic E-state index is -0.409. The van der Waals surface area contributed by atoms with Gasteiger partial charge in [-0.25, -0.2) is 4.98 Å². The summed E-state index contributed by atoms with van der Waals surface area (Å²) in [5.41, 5.74) is 1.43. The molecule has 0 saturated heterocycles. The zero-order valence-electron chi connectivity index (χ0n) is 17.8. The molecular weight excluding hydrogens is 465 g/mol. The Hall–Kier alpha value is -3.55. The average molecular weight is 484 g/mol. The number of nitrogens with one attached hydrogen (secondary N) is 1. The normalized spacial score (nSPS) is 10.8. The molecule has 0 atom stereocenters. The van der Waals surface area contributed by atoms with E-state index >= 15 is 0 Å². The number of hydrogen-bond donors (Lipinski definition) is 1. The van der Waals surface area contributed by atoms with Gasteiger partial charge < -0.3 is 14.8 Å². The summed E-state index contributed by atoms with van der Waals surface area (Å²) < 4.78 is 12.4. The smallest absolute Gasteiger partial charge is 0.265 e. The van der Waals surface area contributed by atoms with Crippen molar-refractivity contribution in [3.8, 4) is 17.2 Å². The van der Waals surface area contributed by atoms with E-state index in [4.69, 9.17) is 32.7 Å². The topological polar surface area (TPSA) is 82.5 Å². The van der Waals surface area contributed by atoms with Crippen LogP contribution in [0.15, 0.2) is 65.5 Å². The number of benzene rings is 3. The number of ether oxygens (including phenoxy) is 2. The molecule has 1 N–H and O–H groups in total. The van der Waals surface area contributed by atoms with Gasteiger partial charge in [0, 0.05) is 11.1 Å². The van der Waals surface area contributed by atoms with Crippen molar-refractivity contribution >= 4 is 45.7 Å². The Balaban J connectivity index is 1.57. The number of carbonyl (C=O) groups excluding carboxylic acids is 1. The highest BCUT2D eigenvalue weighted by Crippen LogP contribution is 2.29. The molecule has 1 heterocycles. The fourth-order valence-electron chi connectivity index (χ4n) is 3.39. The van der Waals surface area contributed by atoms with Crippen molar-refractivity contribution in [2.45, 2.75) is 6.92 Å². The van der Waals surface area contributed by atoms with Crippen molar-refractivity contribution in [2.75, 3.05) is 19.0 Å². The molecule has 7 nitrogen and oxygen atoms in total. The molecule has 1 aromatic heterocycles. The predicted octanol–water partition coefficient (Wildman–Crippen LogP) is 5.03. The van der Waals surface area contributed by atoms with E-state index in [1.807, 2.05) is 6.07 Å². The summed E-state index contributed by atoms with van der Waals surface area (Å²) in [4.78, 5) is 30.0. The predicted molar refractivity (Wildman–Crippen MR) is 129 cm³/mol. The van der Waals surface area contributed by atoms with E-state index < -0.39 is 5.91 Å². The maximum absolute atomic E-state index is 13.1. The third-order valence-electron chi connectivity index (χ3n) is 4.91. The van der Waals surface area contributed by atoms with Crippen LogP contribution in [-0.4, -0.2) is 29.2 Å². The number of rotatable bonds is 6. The van der Waals surface area contributed by atoms with Crippen LogP contribution < -0.4 is 20.3 Å². The maximum Gasteiger partial charge on any atom is 0.265 e. The van der Waals surface area contributed by atoms with Gasteiger partial charge >= 0.3 is 0 Å². The summed E-state index contributed by atoms with van der Waals surface area (Å²) in [5, 5.41) is 4.03. The van der Waals surface area contributed by atoms with Crippen molar-refractivity contribution in [1.29, 1.82) is 0 Å². The van der Waals surface area contributed by atoms with Crippen LogP contribution in [0.3, 0.4) is 0 Å². The minimum absolute atomic E-state index is 0.190. The van der Waals surface area contributed by atoms with Gasteiger partial charge in [0.15, 0.2) is 6.61 Å². The van der Waals surface area contributed by atoms with E-state index in [9.17, 15) is 9.59 Å². The highest BCUT2D eigenvalue weighted by molar-refractivity contribution is 6.35. The van der Waals surface area contributed by atoms with Crippen molar-refractivity contribution in [1.82, 2.24) is 9.55 Å². The Morgan fingerprint density at radius 2 is 1.85 bits per heavy atom. The Bertz CT molecular complexity index is 1420. The van der Waals surface area contributed by atoms with Gasteiger partial charge in [-0.2, -0.15) is 0 Å². The molecule has 0 spiro atoms. The van der Waals surface area contributed by atoms with Gasteiger partial charge in [-0.05, 0) is 49.4 Å². The first-order valence-electron chi connectivity index (χ1n) is 9.92. The molecule has 0 aliphatic carbocycles. The molecule has 0 aliphatic heterocycles. The van der Waals surface area contributed by atoms with Crippen LogP contribution >= 0.6 is 23.2 Å². The molecule has 168 valence electrons. The highest BCUT2D eigenvalue weighted by Gasteiger charge is 2.14. The second kappa shape index (κ2) is 9.52. The van der Waals surface area contributed by atoms with Crippen molar-refractivity contribution in [3.05, 3.63) is 86.9 Å². The lowest BCUT2D eigenvalue weighted by atomic mass is 10.2. The molecule has 0 bridgehead atoms. The molecule has 0 aliphatic rings. The lowest BCUT2D eigenvalue weighted by Gasteiger charge is -2.15. The summed E-state index contributed by atoms with van der Waals surface area (Å²) in [6.45, 7) is 1.49. The molecule has 0 fully saturated rings. The number of hydrogen-bond acceptors (Lipinski definition) is 5. The van der Waals surface area contributed by atoms with Gasteiger partial charge in [-0.1, -0.05) is 35.3 Å². The standard InChI is InChI=1S/C24H19Cl2N3O4/c1-14-27-19-6-4-3-5-17(19)24(31)29(14)16-8-9-20(22(12-16)32-2)28-23(30)13-33-21-10-7-15(25)11-18(21)26/h3-12H,13H2,1-2H3,(H,28,30). The first-order valence-corrected chi connectivity index (χ1v) is 10.7. The number of amides is 1. The molecule has 4 rings (SSSR count). The SMILES string of the molecule is COc1cc(-n2c(C)nc3ccccc3c2=O)ccc1NC(=O)COc1ccc(Cl)cc1Cl. The van der Waals surface area contributed by atoms with Gasteiger partial charge in [0.05, 0.1) is 34.4 Å². The number of halogens is 2. The van der Waals surface area contributed by atoms with Crippen LogP contribution in [-0.2, 0) is 4.79 Å². The Kier molecular flexibility index (Phi) is 6.53. The first-order chi connectivity index (χ1) is 15.9. The highest BCUT2D eigenvalue weighted by atomic mass is 35.5. The maximum atomic E-state index is 13.1. The van der Waals surface area contributed by atoms with E-state index in [1.54, 1.807) is 55.5 Å². The zero-order chi connectivity index (χ0) is 23.5. The molecule has 0 unspecified atom stereocenters. The van der Waals surface area contributed by atoms with Crippen molar-refractivity contribution in [2.24, 2.45) is 0 Å². The number of anilines is 1. The fourth-order valence-corrected chi connectivity index (χ4v) is 3.85. The minimum Gasteiger partial charge on any atom is -0.494 e. The lowest BCUT2D eigenvalue weighted by Crippen LogP contribution is -2.23. The molecule has 4 aromatic rings.